The van der Waals surface area contributed by atoms with Crippen LogP contribution in [0.25, 0.3) is 12.2 Å². The molecule has 148 valence electrons. The van der Waals surface area contributed by atoms with Crippen molar-refractivity contribution in [2.45, 2.75) is 6.92 Å². The second-order valence-corrected chi connectivity index (χ2v) is 7.21. The summed E-state index contributed by atoms with van der Waals surface area (Å²) in [5.74, 6) is 0.898. The van der Waals surface area contributed by atoms with Gasteiger partial charge in [-0.1, -0.05) is 54.6 Å². The van der Waals surface area contributed by atoms with Crippen molar-refractivity contribution in [3.05, 3.63) is 87.9 Å². The largest absolute Gasteiger partial charge is 0.493 e. The SMILES string of the molecule is COc1cc(C=Cc2ccccc2)ccc1OC(=O)COc1ccc(C)cc1Br. The van der Waals surface area contributed by atoms with Crippen molar-refractivity contribution in [1.29, 1.82) is 0 Å². The predicted octanol–water partition coefficient (Wildman–Crippen LogP) is 5.92. The molecule has 3 rings (SSSR count). The first-order valence-electron chi connectivity index (χ1n) is 9.06. The first-order valence-corrected chi connectivity index (χ1v) is 9.85. The molecule has 0 unspecified atom stereocenters. The van der Waals surface area contributed by atoms with E-state index in [9.17, 15) is 4.79 Å². The van der Waals surface area contributed by atoms with E-state index < -0.39 is 5.97 Å². The van der Waals surface area contributed by atoms with Crippen LogP contribution in [-0.2, 0) is 4.79 Å². The molecule has 0 heterocycles. The van der Waals surface area contributed by atoms with Gasteiger partial charge in [-0.3, -0.25) is 0 Å². The molecule has 0 spiro atoms. The summed E-state index contributed by atoms with van der Waals surface area (Å²) < 4.78 is 17.1. The van der Waals surface area contributed by atoms with Gasteiger partial charge in [0, 0.05) is 0 Å². The number of rotatable bonds is 7. The summed E-state index contributed by atoms with van der Waals surface area (Å²) in [7, 11) is 1.54. The number of hydrogen-bond donors (Lipinski definition) is 0. The highest BCUT2D eigenvalue weighted by Gasteiger charge is 2.12. The third kappa shape index (κ3) is 5.96. The first-order chi connectivity index (χ1) is 14.0. The minimum Gasteiger partial charge on any atom is -0.493 e. The lowest BCUT2D eigenvalue weighted by atomic mass is 10.1. The lowest BCUT2D eigenvalue weighted by Gasteiger charge is -2.11. The van der Waals surface area contributed by atoms with Gasteiger partial charge in [-0.05, 0) is 63.8 Å². The van der Waals surface area contributed by atoms with E-state index in [1.165, 1.54) is 7.11 Å². The fourth-order valence-electron chi connectivity index (χ4n) is 2.64. The minimum absolute atomic E-state index is 0.208. The van der Waals surface area contributed by atoms with E-state index in [-0.39, 0.29) is 6.61 Å². The quantitative estimate of drug-likeness (QED) is 0.253. The predicted molar refractivity (Wildman–Crippen MR) is 118 cm³/mol. The van der Waals surface area contributed by atoms with Crippen molar-refractivity contribution in [2.24, 2.45) is 0 Å². The smallest absolute Gasteiger partial charge is 0.349 e. The highest BCUT2D eigenvalue weighted by molar-refractivity contribution is 9.10. The zero-order chi connectivity index (χ0) is 20.6. The van der Waals surface area contributed by atoms with Crippen LogP contribution in [0.5, 0.6) is 17.2 Å². The number of ether oxygens (including phenoxy) is 3. The Morgan fingerprint density at radius 2 is 1.62 bits per heavy atom. The van der Waals surface area contributed by atoms with Gasteiger partial charge >= 0.3 is 5.97 Å². The molecule has 0 aromatic heterocycles. The van der Waals surface area contributed by atoms with Crippen LogP contribution in [0.4, 0.5) is 0 Å². The third-order valence-corrected chi connectivity index (χ3v) is 4.73. The maximum absolute atomic E-state index is 12.2. The van der Waals surface area contributed by atoms with Crippen molar-refractivity contribution in [2.75, 3.05) is 13.7 Å². The number of halogens is 1. The molecule has 5 heteroatoms. The Kier molecular flexibility index (Phi) is 7.09. The molecule has 29 heavy (non-hydrogen) atoms. The Balaban J connectivity index is 1.64. The minimum atomic E-state index is -0.511. The molecule has 0 aliphatic heterocycles. The number of hydrogen-bond acceptors (Lipinski definition) is 4. The highest BCUT2D eigenvalue weighted by Crippen LogP contribution is 2.29. The van der Waals surface area contributed by atoms with E-state index in [1.54, 1.807) is 12.1 Å². The summed E-state index contributed by atoms with van der Waals surface area (Å²) in [4.78, 5) is 12.2. The molecule has 0 bridgehead atoms. The molecule has 0 radical (unpaired) electrons. The highest BCUT2D eigenvalue weighted by atomic mass is 79.9. The van der Waals surface area contributed by atoms with Gasteiger partial charge in [-0.15, -0.1) is 0 Å². The number of aryl methyl sites for hydroxylation is 1. The standard InChI is InChI=1S/C24H21BrO4/c1-17-8-12-21(20(25)14-17)28-16-24(26)29-22-13-11-19(15-23(22)27-2)10-9-18-6-4-3-5-7-18/h3-15H,16H2,1-2H3. The molecular weight excluding hydrogens is 432 g/mol. The number of methoxy groups -OCH3 is 1. The lowest BCUT2D eigenvalue weighted by molar-refractivity contribution is -0.136. The Morgan fingerprint density at radius 1 is 0.897 bits per heavy atom. The zero-order valence-corrected chi connectivity index (χ0v) is 17.8. The molecule has 0 amide bonds. The average molecular weight is 453 g/mol. The molecule has 0 N–H and O–H groups in total. The summed E-state index contributed by atoms with van der Waals surface area (Å²) in [6.45, 7) is 1.77. The lowest BCUT2D eigenvalue weighted by Crippen LogP contribution is -2.18. The molecule has 0 fully saturated rings. The molecule has 0 saturated carbocycles. The monoisotopic (exact) mass is 452 g/mol. The zero-order valence-electron chi connectivity index (χ0n) is 16.2. The van der Waals surface area contributed by atoms with Crippen LogP contribution >= 0.6 is 15.9 Å². The number of carbonyl (C=O) groups is 1. The Labute approximate surface area is 178 Å². The molecule has 3 aromatic rings. The van der Waals surface area contributed by atoms with Crippen LogP contribution in [-0.4, -0.2) is 19.7 Å². The number of esters is 1. The van der Waals surface area contributed by atoms with Crippen molar-refractivity contribution >= 4 is 34.1 Å². The van der Waals surface area contributed by atoms with Crippen LogP contribution in [0.2, 0.25) is 0 Å². The molecule has 0 saturated heterocycles. The van der Waals surface area contributed by atoms with E-state index in [0.29, 0.717) is 17.2 Å². The molecular formula is C24H21BrO4. The molecule has 3 aromatic carbocycles. The Morgan fingerprint density at radius 3 is 2.34 bits per heavy atom. The summed E-state index contributed by atoms with van der Waals surface area (Å²) in [6.07, 6.45) is 3.98. The Bertz CT molecular complexity index is 1010. The van der Waals surface area contributed by atoms with Crippen LogP contribution in [0.3, 0.4) is 0 Å². The summed E-state index contributed by atoms with van der Waals surface area (Å²) in [5.41, 5.74) is 3.13. The van der Waals surface area contributed by atoms with Crippen molar-refractivity contribution in [3.8, 4) is 17.2 Å². The molecule has 0 aliphatic carbocycles. The maximum Gasteiger partial charge on any atom is 0.349 e. The maximum atomic E-state index is 12.2. The topological polar surface area (TPSA) is 44.8 Å². The van der Waals surface area contributed by atoms with Crippen LogP contribution in [0.15, 0.2) is 71.2 Å². The van der Waals surface area contributed by atoms with E-state index in [2.05, 4.69) is 15.9 Å². The van der Waals surface area contributed by atoms with Crippen LogP contribution in [0.1, 0.15) is 16.7 Å². The fourth-order valence-corrected chi connectivity index (χ4v) is 3.25. The molecule has 4 nitrogen and oxygen atoms in total. The van der Waals surface area contributed by atoms with Crippen molar-refractivity contribution < 1.29 is 19.0 Å². The van der Waals surface area contributed by atoms with Crippen LogP contribution in [0, 0.1) is 6.92 Å². The van der Waals surface area contributed by atoms with Crippen molar-refractivity contribution in [1.82, 2.24) is 0 Å². The van der Waals surface area contributed by atoms with Gasteiger partial charge in [0.2, 0.25) is 0 Å². The van der Waals surface area contributed by atoms with E-state index >= 15 is 0 Å². The van der Waals surface area contributed by atoms with Crippen molar-refractivity contribution in [3.63, 3.8) is 0 Å². The van der Waals surface area contributed by atoms with Gasteiger partial charge < -0.3 is 14.2 Å². The average Bonchev–Trinajstić information content (AvgIpc) is 2.73. The van der Waals surface area contributed by atoms with Gasteiger partial charge in [0.05, 0.1) is 11.6 Å². The van der Waals surface area contributed by atoms with Gasteiger partial charge in [-0.2, -0.15) is 0 Å². The fraction of sp³-hybridized carbons (Fsp3) is 0.125. The Hall–Kier alpha value is -3.05. The van der Waals surface area contributed by atoms with Gasteiger partial charge in [-0.25, -0.2) is 4.79 Å². The van der Waals surface area contributed by atoms with E-state index in [0.717, 1.165) is 21.2 Å². The number of benzene rings is 3. The van der Waals surface area contributed by atoms with E-state index in [4.69, 9.17) is 14.2 Å². The number of carbonyl (C=O) groups excluding carboxylic acids is 1. The first kappa shape index (κ1) is 20.7. The molecule has 0 aliphatic rings. The summed E-state index contributed by atoms with van der Waals surface area (Å²) in [6, 6.07) is 21.0. The summed E-state index contributed by atoms with van der Waals surface area (Å²) in [5, 5.41) is 0. The van der Waals surface area contributed by atoms with Gasteiger partial charge in [0.25, 0.3) is 0 Å². The second kappa shape index (κ2) is 9.94. The molecule has 0 atom stereocenters. The second-order valence-electron chi connectivity index (χ2n) is 6.35. The van der Waals surface area contributed by atoms with Gasteiger partial charge in [0.1, 0.15) is 5.75 Å². The van der Waals surface area contributed by atoms with Crippen LogP contribution < -0.4 is 14.2 Å². The summed E-state index contributed by atoms with van der Waals surface area (Å²) >= 11 is 3.42. The van der Waals surface area contributed by atoms with E-state index in [1.807, 2.05) is 73.7 Å². The normalized spacial score (nSPS) is 10.7. The third-order valence-electron chi connectivity index (χ3n) is 4.11. The van der Waals surface area contributed by atoms with Gasteiger partial charge in [0.15, 0.2) is 18.1 Å².